The Labute approximate surface area is 204 Å². The molecule has 3 aromatic carbocycles. The average molecular weight is 495 g/mol. The number of benzene rings is 3. The van der Waals surface area contributed by atoms with Crippen LogP contribution in [-0.2, 0) is 19.6 Å². The van der Waals surface area contributed by atoms with Crippen molar-refractivity contribution >= 4 is 26.7 Å². The molecule has 0 aromatic heterocycles. The summed E-state index contributed by atoms with van der Waals surface area (Å²) in [5.41, 5.74) is 1.21. The number of amides is 1. The van der Waals surface area contributed by atoms with Crippen LogP contribution in [0.2, 0.25) is 0 Å². The van der Waals surface area contributed by atoms with Crippen molar-refractivity contribution in [2.75, 3.05) is 26.2 Å². The fourth-order valence-electron chi connectivity index (χ4n) is 5.28. The van der Waals surface area contributed by atoms with Crippen molar-refractivity contribution in [3.05, 3.63) is 66.5 Å². The molecule has 6 nitrogen and oxygen atoms in total. The number of carbonyl (C=O) groups excluding carboxylic acids is 1. The number of sulfonamides is 1. The lowest BCUT2D eigenvalue weighted by molar-refractivity contribution is -0.170. The predicted molar refractivity (Wildman–Crippen MR) is 131 cm³/mol. The maximum Gasteiger partial charge on any atom is 0.248 e. The standard InChI is InChI=1S/C27H27FN2O4S/c28-25-3-1-2-20-4-5-21(16-24(20)25)19-6-10-23(11-7-19)35(32,33)29-14-12-27(13-15-29)18-30(22-8-9-22)26(31)17-34-27/h1-7,10-11,16,22H,8-9,12-15,17-18H2. The van der Waals surface area contributed by atoms with Crippen LogP contribution in [0, 0.1) is 5.82 Å². The number of hydrogen-bond donors (Lipinski definition) is 0. The number of halogens is 1. The van der Waals surface area contributed by atoms with Crippen molar-refractivity contribution in [3.8, 4) is 11.1 Å². The molecule has 6 rings (SSSR count). The first-order valence-electron chi connectivity index (χ1n) is 12.1. The Hall–Kier alpha value is -2.81. The third-order valence-corrected chi connectivity index (χ3v) is 9.47. The van der Waals surface area contributed by atoms with E-state index >= 15 is 0 Å². The van der Waals surface area contributed by atoms with E-state index in [1.54, 1.807) is 36.4 Å². The van der Waals surface area contributed by atoms with Crippen LogP contribution >= 0.6 is 0 Å². The molecule has 3 fully saturated rings. The summed E-state index contributed by atoms with van der Waals surface area (Å²) in [5.74, 6) is -0.236. The zero-order valence-electron chi connectivity index (χ0n) is 19.3. The van der Waals surface area contributed by atoms with Crippen LogP contribution < -0.4 is 0 Å². The van der Waals surface area contributed by atoms with E-state index in [-0.39, 0.29) is 23.2 Å². The SMILES string of the molecule is O=C1COC2(CCN(S(=O)(=O)c3ccc(-c4ccc5cccc(F)c5c4)cc3)CC2)CN1C1CC1. The number of piperidine rings is 1. The maximum absolute atomic E-state index is 14.2. The highest BCUT2D eigenvalue weighted by Gasteiger charge is 2.47. The number of nitrogens with zero attached hydrogens (tertiary/aromatic N) is 2. The molecule has 0 atom stereocenters. The Kier molecular flexibility index (Phi) is 5.43. The first kappa shape index (κ1) is 22.6. The van der Waals surface area contributed by atoms with Crippen LogP contribution in [0.25, 0.3) is 21.9 Å². The van der Waals surface area contributed by atoms with E-state index in [4.69, 9.17) is 4.74 Å². The highest BCUT2D eigenvalue weighted by Crippen LogP contribution is 2.37. The van der Waals surface area contributed by atoms with Gasteiger partial charge in [0.05, 0.1) is 17.0 Å². The molecule has 0 unspecified atom stereocenters. The molecular formula is C27H27FN2O4S. The number of rotatable bonds is 4. The topological polar surface area (TPSA) is 66.9 Å². The van der Waals surface area contributed by atoms with Crippen LogP contribution in [0.1, 0.15) is 25.7 Å². The molecule has 3 aromatic rings. The van der Waals surface area contributed by atoms with E-state index < -0.39 is 15.6 Å². The van der Waals surface area contributed by atoms with Gasteiger partial charge in [0.15, 0.2) is 0 Å². The van der Waals surface area contributed by atoms with Gasteiger partial charge in [-0.05, 0) is 66.5 Å². The van der Waals surface area contributed by atoms with Gasteiger partial charge in [-0.15, -0.1) is 0 Å². The molecule has 1 spiro atoms. The Balaban J connectivity index is 1.17. The van der Waals surface area contributed by atoms with E-state index in [0.717, 1.165) is 29.4 Å². The summed E-state index contributed by atoms with van der Waals surface area (Å²) < 4.78 is 48.3. The Morgan fingerprint density at radius 3 is 2.37 bits per heavy atom. The summed E-state index contributed by atoms with van der Waals surface area (Å²) in [7, 11) is -3.65. The quantitative estimate of drug-likeness (QED) is 0.546. The third kappa shape index (κ3) is 4.13. The fourth-order valence-corrected chi connectivity index (χ4v) is 6.72. The van der Waals surface area contributed by atoms with E-state index in [1.807, 2.05) is 23.1 Å². The summed E-state index contributed by atoms with van der Waals surface area (Å²) in [4.78, 5) is 14.4. The van der Waals surface area contributed by atoms with E-state index in [0.29, 0.717) is 43.9 Å². The Morgan fingerprint density at radius 1 is 0.943 bits per heavy atom. The fraction of sp³-hybridized carbons (Fsp3) is 0.370. The highest BCUT2D eigenvalue weighted by molar-refractivity contribution is 7.89. The smallest absolute Gasteiger partial charge is 0.248 e. The van der Waals surface area contributed by atoms with Crippen molar-refractivity contribution in [2.24, 2.45) is 0 Å². The van der Waals surface area contributed by atoms with Crippen molar-refractivity contribution in [2.45, 2.75) is 42.2 Å². The van der Waals surface area contributed by atoms with Gasteiger partial charge in [0.1, 0.15) is 12.4 Å². The normalized spacial score (nSPS) is 21.1. The molecule has 3 aliphatic rings. The van der Waals surface area contributed by atoms with Gasteiger partial charge in [0.2, 0.25) is 15.9 Å². The second-order valence-electron chi connectivity index (χ2n) is 9.83. The molecule has 35 heavy (non-hydrogen) atoms. The monoisotopic (exact) mass is 494 g/mol. The zero-order chi connectivity index (χ0) is 24.2. The molecule has 0 bridgehead atoms. The number of fused-ring (bicyclic) bond motifs is 1. The summed E-state index contributed by atoms with van der Waals surface area (Å²) in [5, 5.41) is 1.36. The minimum Gasteiger partial charge on any atom is -0.363 e. The highest BCUT2D eigenvalue weighted by atomic mass is 32.2. The van der Waals surface area contributed by atoms with Gasteiger partial charge in [-0.3, -0.25) is 4.79 Å². The zero-order valence-corrected chi connectivity index (χ0v) is 20.1. The van der Waals surface area contributed by atoms with Gasteiger partial charge in [-0.2, -0.15) is 4.31 Å². The lowest BCUT2D eigenvalue weighted by Crippen LogP contribution is -2.59. The van der Waals surface area contributed by atoms with Crippen LogP contribution in [0.15, 0.2) is 65.6 Å². The largest absolute Gasteiger partial charge is 0.363 e. The summed E-state index contributed by atoms with van der Waals surface area (Å²) >= 11 is 0. The molecular weight excluding hydrogens is 467 g/mol. The molecule has 0 radical (unpaired) electrons. The summed E-state index contributed by atoms with van der Waals surface area (Å²) in [6.45, 7) is 1.37. The lowest BCUT2D eigenvalue weighted by Gasteiger charge is -2.46. The average Bonchev–Trinajstić information content (AvgIpc) is 3.72. The summed E-state index contributed by atoms with van der Waals surface area (Å²) in [6.07, 6.45) is 3.24. The van der Waals surface area contributed by atoms with Crippen LogP contribution in [-0.4, -0.2) is 61.4 Å². The van der Waals surface area contributed by atoms with Gasteiger partial charge >= 0.3 is 0 Å². The summed E-state index contributed by atoms with van der Waals surface area (Å²) in [6, 6.07) is 17.7. The van der Waals surface area contributed by atoms with E-state index in [9.17, 15) is 17.6 Å². The molecule has 2 saturated heterocycles. The van der Waals surface area contributed by atoms with Gasteiger partial charge in [-0.25, -0.2) is 12.8 Å². The van der Waals surface area contributed by atoms with Gasteiger partial charge in [0, 0.05) is 24.5 Å². The molecule has 8 heteroatoms. The molecule has 1 aliphatic carbocycles. The number of carbonyl (C=O) groups is 1. The van der Waals surface area contributed by atoms with Gasteiger partial charge in [-0.1, -0.05) is 36.4 Å². The van der Waals surface area contributed by atoms with E-state index in [2.05, 4.69) is 0 Å². The first-order valence-corrected chi connectivity index (χ1v) is 13.5. The minimum absolute atomic E-state index is 0.0439. The lowest BCUT2D eigenvalue weighted by atomic mass is 9.90. The van der Waals surface area contributed by atoms with Crippen LogP contribution in [0.3, 0.4) is 0 Å². The Bertz CT molecular complexity index is 1390. The van der Waals surface area contributed by atoms with E-state index in [1.165, 1.54) is 10.4 Å². The first-order chi connectivity index (χ1) is 16.8. The number of ether oxygens (including phenoxy) is 1. The second-order valence-corrected chi connectivity index (χ2v) is 11.8. The van der Waals surface area contributed by atoms with Crippen molar-refractivity contribution in [3.63, 3.8) is 0 Å². The van der Waals surface area contributed by atoms with Gasteiger partial charge in [0.25, 0.3) is 0 Å². The van der Waals surface area contributed by atoms with Crippen molar-refractivity contribution in [1.82, 2.24) is 9.21 Å². The van der Waals surface area contributed by atoms with Crippen LogP contribution in [0.4, 0.5) is 4.39 Å². The number of morpholine rings is 1. The molecule has 182 valence electrons. The molecule has 1 amide bonds. The number of hydrogen-bond acceptors (Lipinski definition) is 4. The molecule has 0 N–H and O–H groups in total. The van der Waals surface area contributed by atoms with Gasteiger partial charge < -0.3 is 9.64 Å². The predicted octanol–water partition coefficient (Wildman–Crippen LogP) is 4.19. The van der Waals surface area contributed by atoms with Crippen molar-refractivity contribution < 1.29 is 22.3 Å². The second kappa shape index (κ2) is 8.40. The third-order valence-electron chi connectivity index (χ3n) is 7.56. The maximum atomic E-state index is 14.2. The Morgan fingerprint density at radius 2 is 1.66 bits per heavy atom. The van der Waals surface area contributed by atoms with Crippen molar-refractivity contribution in [1.29, 1.82) is 0 Å². The molecule has 2 heterocycles. The molecule has 1 saturated carbocycles. The van der Waals surface area contributed by atoms with Crippen LogP contribution in [0.5, 0.6) is 0 Å². The minimum atomic E-state index is -3.65. The molecule has 2 aliphatic heterocycles.